The first-order chi connectivity index (χ1) is 12.5. The van der Waals surface area contributed by atoms with Gasteiger partial charge in [0.15, 0.2) is 5.78 Å². The number of aromatic amines is 1. The second-order valence-corrected chi connectivity index (χ2v) is 5.03. The number of ketones is 1. The lowest BCUT2D eigenvalue weighted by Crippen LogP contribution is -2.10. The monoisotopic (exact) mass is 360 g/mol. The van der Waals surface area contributed by atoms with E-state index in [1.165, 1.54) is 0 Å². The summed E-state index contributed by atoms with van der Waals surface area (Å²) >= 11 is 0. The molecule has 0 radical (unpaired) electrons. The van der Waals surface area contributed by atoms with Crippen LogP contribution in [-0.2, 0) is 20.7 Å². The molecule has 1 heterocycles. The highest BCUT2D eigenvalue weighted by Gasteiger charge is 2.04. The van der Waals surface area contributed by atoms with Crippen LogP contribution in [0.5, 0.6) is 0 Å². The van der Waals surface area contributed by atoms with Gasteiger partial charge in [0.25, 0.3) is 0 Å². The second kappa shape index (κ2) is 12.2. The lowest BCUT2D eigenvalue weighted by molar-refractivity contribution is -0.134. The fourth-order valence-corrected chi connectivity index (χ4v) is 1.80. The molecule has 1 aromatic carbocycles. The van der Waals surface area contributed by atoms with Gasteiger partial charge >= 0.3 is 11.9 Å². The number of hydrogen-bond donors (Lipinski definition) is 3. The van der Waals surface area contributed by atoms with E-state index < -0.39 is 11.9 Å². The lowest BCUT2D eigenvalue weighted by Gasteiger charge is -2.03. The van der Waals surface area contributed by atoms with Gasteiger partial charge in [-0.2, -0.15) is 0 Å². The van der Waals surface area contributed by atoms with Gasteiger partial charge in [-0.15, -0.1) is 0 Å². The molecule has 8 heteroatoms. The summed E-state index contributed by atoms with van der Waals surface area (Å²) in [5.74, 6) is -2.49. The largest absolute Gasteiger partial charge is 0.478 e. The van der Waals surface area contributed by atoms with Crippen LogP contribution in [0.2, 0.25) is 0 Å². The molecule has 0 saturated carbocycles. The number of carboxylic acids is 2. The number of rotatable bonds is 9. The Morgan fingerprint density at radius 2 is 1.73 bits per heavy atom. The molecule has 0 bridgehead atoms. The van der Waals surface area contributed by atoms with Crippen LogP contribution in [-0.4, -0.2) is 51.1 Å². The molecule has 3 N–H and O–H groups in total. The van der Waals surface area contributed by atoms with Crippen molar-refractivity contribution in [2.75, 3.05) is 13.2 Å². The van der Waals surface area contributed by atoms with E-state index in [9.17, 15) is 14.4 Å². The van der Waals surface area contributed by atoms with E-state index >= 15 is 0 Å². The molecule has 0 amide bonds. The molecule has 138 valence electrons. The summed E-state index contributed by atoms with van der Waals surface area (Å²) in [6.45, 7) is 0.727. The average molecular weight is 360 g/mol. The van der Waals surface area contributed by atoms with E-state index in [-0.39, 0.29) is 12.4 Å². The minimum Gasteiger partial charge on any atom is -0.478 e. The number of benzene rings is 1. The van der Waals surface area contributed by atoms with Crippen molar-refractivity contribution >= 4 is 17.7 Å². The van der Waals surface area contributed by atoms with Crippen molar-refractivity contribution in [3.63, 3.8) is 0 Å². The smallest absolute Gasteiger partial charge is 0.328 e. The molecule has 0 spiro atoms. The van der Waals surface area contributed by atoms with Crippen LogP contribution in [0.4, 0.5) is 0 Å². The molecule has 2 rings (SSSR count). The predicted octanol–water partition coefficient (Wildman–Crippen LogP) is 1.95. The summed E-state index contributed by atoms with van der Waals surface area (Å²) in [5.41, 5.74) is 1.79. The molecule has 2 aromatic rings. The summed E-state index contributed by atoms with van der Waals surface area (Å²) in [4.78, 5) is 37.8. The number of nitrogens with zero attached hydrogens (tertiary/aromatic N) is 1. The van der Waals surface area contributed by atoms with Gasteiger partial charge in [0.05, 0.1) is 6.33 Å². The van der Waals surface area contributed by atoms with Crippen molar-refractivity contribution in [2.24, 2.45) is 0 Å². The van der Waals surface area contributed by atoms with Crippen LogP contribution in [0.1, 0.15) is 22.5 Å². The normalized spacial score (nSPS) is 10.2. The van der Waals surface area contributed by atoms with Crippen LogP contribution in [0.3, 0.4) is 0 Å². The Bertz CT molecular complexity index is 695. The number of carbonyl (C=O) groups is 3. The first kappa shape index (κ1) is 20.8. The fraction of sp³-hybridized carbons (Fsp3) is 0.222. The zero-order valence-electron chi connectivity index (χ0n) is 14.0. The molecular weight excluding hydrogens is 340 g/mol. The predicted molar refractivity (Wildman–Crippen MR) is 92.9 cm³/mol. The van der Waals surface area contributed by atoms with E-state index in [0.717, 1.165) is 18.5 Å². The highest BCUT2D eigenvalue weighted by atomic mass is 16.5. The zero-order chi connectivity index (χ0) is 19.2. The Morgan fingerprint density at radius 1 is 1.08 bits per heavy atom. The number of aryl methyl sites for hydroxylation is 1. The summed E-state index contributed by atoms with van der Waals surface area (Å²) in [5, 5.41) is 15.6. The number of aliphatic carboxylic acids is 2. The minimum absolute atomic E-state index is 0.0251. The fourth-order valence-electron chi connectivity index (χ4n) is 1.80. The number of H-pyrrole nitrogens is 1. The molecule has 0 aliphatic carbocycles. The van der Waals surface area contributed by atoms with Crippen molar-refractivity contribution in [1.82, 2.24) is 9.97 Å². The third-order valence-corrected chi connectivity index (χ3v) is 2.99. The summed E-state index contributed by atoms with van der Waals surface area (Å²) < 4.78 is 5.36. The van der Waals surface area contributed by atoms with E-state index in [1.54, 1.807) is 24.7 Å². The van der Waals surface area contributed by atoms with Gasteiger partial charge in [-0.3, -0.25) is 4.79 Å². The third-order valence-electron chi connectivity index (χ3n) is 2.99. The van der Waals surface area contributed by atoms with Crippen LogP contribution >= 0.6 is 0 Å². The summed E-state index contributed by atoms with van der Waals surface area (Å²) in [6, 6.07) is 9.20. The van der Waals surface area contributed by atoms with Gasteiger partial charge in [-0.05, 0) is 12.8 Å². The van der Waals surface area contributed by atoms with Gasteiger partial charge in [0.1, 0.15) is 6.61 Å². The van der Waals surface area contributed by atoms with E-state index in [2.05, 4.69) is 9.97 Å². The molecule has 0 atom stereocenters. The number of hydrogen-bond acceptors (Lipinski definition) is 5. The standard InChI is InChI=1S/C14H16N2O2.C4H4O4/c17-14(12-5-2-1-3-6-12)10-18-8-4-7-13-9-15-11-16-13;5-3(6)1-2-4(7)8/h1-3,5-6,9,11H,4,7-8,10H2,(H,15,16);1-2H,(H,5,6)(H,7,8)/b;2-1-. The number of ether oxygens (including phenoxy) is 1. The van der Waals surface area contributed by atoms with Crippen molar-refractivity contribution in [3.05, 3.63) is 66.3 Å². The number of carboxylic acid groups (broad SMARTS) is 2. The molecule has 0 saturated heterocycles. The first-order valence-electron chi connectivity index (χ1n) is 7.76. The number of carbonyl (C=O) groups excluding carboxylic acids is 1. The van der Waals surface area contributed by atoms with E-state index in [1.807, 2.05) is 18.2 Å². The zero-order valence-corrected chi connectivity index (χ0v) is 14.0. The van der Waals surface area contributed by atoms with Gasteiger partial charge in [-0.1, -0.05) is 30.3 Å². The molecule has 26 heavy (non-hydrogen) atoms. The molecule has 0 aliphatic heterocycles. The van der Waals surface area contributed by atoms with Crippen molar-refractivity contribution in [3.8, 4) is 0 Å². The maximum Gasteiger partial charge on any atom is 0.328 e. The minimum atomic E-state index is -1.26. The van der Waals surface area contributed by atoms with Gasteiger partial charge in [0, 0.05) is 36.2 Å². The molecule has 8 nitrogen and oxygen atoms in total. The Morgan fingerprint density at radius 3 is 2.27 bits per heavy atom. The van der Waals surface area contributed by atoms with E-state index in [0.29, 0.717) is 24.3 Å². The number of nitrogens with one attached hydrogen (secondary N) is 1. The summed E-state index contributed by atoms with van der Waals surface area (Å²) in [7, 11) is 0. The number of aromatic nitrogens is 2. The maximum atomic E-state index is 11.7. The summed E-state index contributed by atoms with van der Waals surface area (Å²) in [6.07, 6.45) is 6.35. The maximum absolute atomic E-state index is 11.7. The molecular formula is C18H20N2O6. The Balaban J connectivity index is 0.000000359. The van der Waals surface area contributed by atoms with Gasteiger partial charge < -0.3 is 19.9 Å². The van der Waals surface area contributed by atoms with Crippen LogP contribution in [0.15, 0.2) is 55.0 Å². The third kappa shape index (κ3) is 9.78. The van der Waals surface area contributed by atoms with Crippen molar-refractivity contribution in [1.29, 1.82) is 0 Å². The molecule has 0 unspecified atom stereocenters. The molecule has 0 fully saturated rings. The quantitative estimate of drug-likeness (QED) is 0.354. The van der Waals surface area contributed by atoms with Crippen molar-refractivity contribution < 1.29 is 29.3 Å². The first-order valence-corrected chi connectivity index (χ1v) is 7.76. The van der Waals surface area contributed by atoms with Crippen LogP contribution in [0, 0.1) is 0 Å². The molecule has 0 aliphatic rings. The SMILES string of the molecule is O=C(COCCCc1cnc[nH]1)c1ccccc1.O=C(O)/C=C\C(=O)O. The average Bonchev–Trinajstić information content (AvgIpc) is 3.14. The van der Waals surface area contributed by atoms with Crippen molar-refractivity contribution in [2.45, 2.75) is 12.8 Å². The second-order valence-electron chi connectivity index (χ2n) is 5.03. The Hall–Kier alpha value is -3.26. The van der Waals surface area contributed by atoms with Gasteiger partial charge in [0.2, 0.25) is 0 Å². The van der Waals surface area contributed by atoms with Gasteiger partial charge in [-0.25, -0.2) is 14.6 Å². The number of Topliss-reactive ketones (excluding diaryl/α,β-unsaturated/α-hetero) is 1. The Kier molecular flexibility index (Phi) is 9.71. The Labute approximate surface area is 150 Å². The van der Waals surface area contributed by atoms with Crippen LogP contribution < -0.4 is 0 Å². The topological polar surface area (TPSA) is 130 Å². The highest BCUT2D eigenvalue weighted by molar-refractivity contribution is 5.97. The highest BCUT2D eigenvalue weighted by Crippen LogP contribution is 2.01. The molecule has 1 aromatic heterocycles. The van der Waals surface area contributed by atoms with Crippen LogP contribution in [0.25, 0.3) is 0 Å². The number of imidazole rings is 1. The van der Waals surface area contributed by atoms with E-state index in [4.69, 9.17) is 14.9 Å². The lowest BCUT2D eigenvalue weighted by atomic mass is 10.1.